The number of hydrogen-bond donors (Lipinski definition) is 1. The Morgan fingerprint density at radius 1 is 1.09 bits per heavy atom. The van der Waals surface area contributed by atoms with Crippen LogP contribution in [0.25, 0.3) is 16.7 Å². The Hall–Kier alpha value is -2.16. The monoisotopic (exact) mass is 289 g/mol. The van der Waals surface area contributed by atoms with Crippen molar-refractivity contribution in [3.05, 3.63) is 54.1 Å². The summed E-state index contributed by atoms with van der Waals surface area (Å²) in [5.41, 5.74) is 5.63. The van der Waals surface area contributed by atoms with Gasteiger partial charge in [-0.2, -0.15) is 0 Å². The third kappa shape index (κ3) is 2.63. The van der Waals surface area contributed by atoms with Gasteiger partial charge in [0, 0.05) is 16.8 Å². The van der Waals surface area contributed by atoms with Crippen molar-refractivity contribution in [2.45, 2.75) is 25.7 Å². The molecule has 110 valence electrons. The van der Waals surface area contributed by atoms with Gasteiger partial charge in [0.2, 0.25) is 0 Å². The molecular weight excluding hydrogens is 269 g/mol. The molecule has 2 aromatic carbocycles. The summed E-state index contributed by atoms with van der Waals surface area (Å²) in [4.78, 5) is 0. The van der Waals surface area contributed by atoms with Crippen LogP contribution in [-0.2, 0) is 0 Å². The molecule has 0 spiro atoms. The molecule has 1 N–H and O–H groups in total. The van der Waals surface area contributed by atoms with Crippen molar-refractivity contribution in [2.75, 3.05) is 12.4 Å². The number of benzene rings is 2. The van der Waals surface area contributed by atoms with Gasteiger partial charge >= 0.3 is 0 Å². The second-order valence-corrected chi connectivity index (χ2v) is 6.18. The first-order valence-electron chi connectivity index (χ1n) is 7.52. The minimum absolute atomic E-state index is 0.0757. The number of allylic oxidation sites excluding steroid dienone is 1. The van der Waals surface area contributed by atoms with E-state index in [1.54, 1.807) is 7.11 Å². The summed E-state index contributed by atoms with van der Waals surface area (Å²) in [6.45, 7) is 4.31. The molecule has 0 saturated heterocycles. The Kier molecular flexibility index (Phi) is 3.73. The Morgan fingerprint density at radius 2 is 1.86 bits per heavy atom. The SMILES string of the molecule is [B]CC1=CC(C)(C)Nc2ccc(-c3ccccc3OC)cc21. The summed E-state index contributed by atoms with van der Waals surface area (Å²) in [6.07, 6.45) is 2.74. The zero-order valence-corrected chi connectivity index (χ0v) is 13.3. The molecule has 0 fully saturated rings. The maximum atomic E-state index is 5.96. The molecule has 0 aliphatic carbocycles. The lowest BCUT2D eigenvalue weighted by Gasteiger charge is -2.32. The number of hydrogen-bond acceptors (Lipinski definition) is 2. The van der Waals surface area contributed by atoms with Gasteiger partial charge in [-0.15, -0.1) is 0 Å². The van der Waals surface area contributed by atoms with Crippen LogP contribution in [-0.4, -0.2) is 20.5 Å². The highest BCUT2D eigenvalue weighted by Gasteiger charge is 2.23. The van der Waals surface area contributed by atoms with Crippen LogP contribution in [0.2, 0.25) is 6.32 Å². The number of anilines is 1. The Balaban J connectivity index is 2.12. The number of ether oxygens (including phenoxy) is 1. The summed E-state index contributed by atoms with van der Waals surface area (Å²) in [6, 6.07) is 14.5. The molecule has 1 aliphatic heterocycles. The number of fused-ring (bicyclic) bond motifs is 1. The molecule has 1 aliphatic rings. The minimum Gasteiger partial charge on any atom is -0.496 e. The van der Waals surface area contributed by atoms with E-state index in [9.17, 15) is 0 Å². The molecule has 0 unspecified atom stereocenters. The van der Waals surface area contributed by atoms with Crippen LogP contribution in [0.5, 0.6) is 5.75 Å². The van der Waals surface area contributed by atoms with E-state index in [1.165, 1.54) is 11.1 Å². The van der Waals surface area contributed by atoms with Crippen molar-refractivity contribution >= 4 is 19.1 Å². The standard InChI is InChI=1S/C19H20BNO/c1-19(2)11-14(12-20)16-10-13(8-9-17(16)21-19)15-6-4-5-7-18(15)22-3/h4-11,21H,12H2,1-3H3. The van der Waals surface area contributed by atoms with Crippen molar-refractivity contribution < 1.29 is 4.74 Å². The summed E-state index contributed by atoms with van der Waals surface area (Å²) < 4.78 is 5.48. The number of rotatable bonds is 3. The van der Waals surface area contributed by atoms with Crippen LogP contribution >= 0.6 is 0 Å². The molecule has 0 amide bonds. The van der Waals surface area contributed by atoms with Gasteiger partial charge in [0.1, 0.15) is 5.75 Å². The molecule has 2 nitrogen and oxygen atoms in total. The summed E-state index contributed by atoms with van der Waals surface area (Å²) in [5, 5.41) is 3.54. The van der Waals surface area contributed by atoms with Gasteiger partial charge in [0.05, 0.1) is 20.5 Å². The van der Waals surface area contributed by atoms with Crippen molar-refractivity contribution in [1.82, 2.24) is 0 Å². The van der Waals surface area contributed by atoms with E-state index in [-0.39, 0.29) is 5.54 Å². The normalized spacial score (nSPS) is 15.5. The molecule has 1 heterocycles. The van der Waals surface area contributed by atoms with Crippen LogP contribution in [0.4, 0.5) is 5.69 Å². The van der Waals surface area contributed by atoms with E-state index in [4.69, 9.17) is 12.6 Å². The zero-order chi connectivity index (χ0) is 15.7. The highest BCUT2D eigenvalue weighted by molar-refractivity contribution is 6.15. The molecule has 0 atom stereocenters. The quantitative estimate of drug-likeness (QED) is 0.838. The topological polar surface area (TPSA) is 21.3 Å². The first-order chi connectivity index (χ1) is 10.5. The van der Waals surface area contributed by atoms with E-state index in [2.05, 4.69) is 49.5 Å². The fourth-order valence-corrected chi connectivity index (χ4v) is 3.03. The smallest absolute Gasteiger partial charge is 0.126 e. The second kappa shape index (κ2) is 5.56. The van der Waals surface area contributed by atoms with Crippen molar-refractivity contribution in [3.63, 3.8) is 0 Å². The Labute approximate surface area is 133 Å². The molecule has 0 bridgehead atoms. The first kappa shape index (κ1) is 14.8. The van der Waals surface area contributed by atoms with Gasteiger partial charge < -0.3 is 10.1 Å². The fraction of sp³-hybridized carbons (Fsp3) is 0.263. The average molecular weight is 289 g/mol. The zero-order valence-electron chi connectivity index (χ0n) is 13.3. The third-order valence-corrected chi connectivity index (χ3v) is 4.00. The van der Waals surface area contributed by atoms with Crippen LogP contribution in [0.15, 0.2) is 48.5 Å². The van der Waals surface area contributed by atoms with Gasteiger partial charge in [0.25, 0.3) is 0 Å². The fourth-order valence-electron chi connectivity index (χ4n) is 3.03. The second-order valence-electron chi connectivity index (χ2n) is 6.18. The molecule has 2 aromatic rings. The van der Waals surface area contributed by atoms with Crippen LogP contribution < -0.4 is 10.1 Å². The lowest BCUT2D eigenvalue weighted by Crippen LogP contribution is -2.31. The van der Waals surface area contributed by atoms with Gasteiger partial charge in [-0.05, 0) is 43.2 Å². The summed E-state index contributed by atoms with van der Waals surface area (Å²) in [5.74, 6) is 0.879. The number of para-hydroxylation sites is 1. The molecule has 0 aromatic heterocycles. The number of methoxy groups -OCH3 is 1. The van der Waals surface area contributed by atoms with E-state index >= 15 is 0 Å². The van der Waals surface area contributed by atoms with Crippen molar-refractivity contribution in [1.29, 1.82) is 0 Å². The molecule has 3 heteroatoms. The van der Waals surface area contributed by atoms with E-state index < -0.39 is 0 Å². The van der Waals surface area contributed by atoms with Gasteiger partial charge in [0.15, 0.2) is 0 Å². The lowest BCUT2D eigenvalue weighted by molar-refractivity contribution is 0.416. The van der Waals surface area contributed by atoms with Crippen LogP contribution in [0.3, 0.4) is 0 Å². The largest absolute Gasteiger partial charge is 0.496 e. The van der Waals surface area contributed by atoms with Crippen molar-refractivity contribution in [2.24, 2.45) is 0 Å². The Morgan fingerprint density at radius 3 is 2.59 bits per heavy atom. The van der Waals surface area contributed by atoms with Crippen molar-refractivity contribution in [3.8, 4) is 16.9 Å². The minimum atomic E-state index is -0.0757. The maximum Gasteiger partial charge on any atom is 0.126 e. The predicted molar refractivity (Wildman–Crippen MR) is 94.7 cm³/mol. The third-order valence-electron chi connectivity index (χ3n) is 4.00. The molecular formula is C19H20BNO. The summed E-state index contributed by atoms with van der Waals surface area (Å²) in [7, 11) is 7.66. The number of nitrogens with one attached hydrogen (secondary N) is 1. The van der Waals surface area contributed by atoms with E-state index in [0.29, 0.717) is 6.32 Å². The van der Waals surface area contributed by atoms with Gasteiger partial charge in [-0.25, -0.2) is 0 Å². The molecule has 3 rings (SSSR count). The highest BCUT2D eigenvalue weighted by atomic mass is 16.5. The first-order valence-corrected chi connectivity index (χ1v) is 7.52. The van der Waals surface area contributed by atoms with Gasteiger partial charge in [-0.1, -0.05) is 36.7 Å². The predicted octanol–water partition coefficient (Wildman–Crippen LogP) is 4.54. The van der Waals surface area contributed by atoms with Crippen LogP contribution in [0, 0.1) is 0 Å². The Bertz CT molecular complexity index is 734. The molecule has 2 radical (unpaired) electrons. The van der Waals surface area contributed by atoms with Crippen LogP contribution in [0.1, 0.15) is 19.4 Å². The lowest BCUT2D eigenvalue weighted by atomic mass is 9.82. The highest BCUT2D eigenvalue weighted by Crippen LogP contribution is 2.39. The van der Waals surface area contributed by atoms with E-state index in [0.717, 1.165) is 22.6 Å². The maximum absolute atomic E-state index is 5.96. The van der Waals surface area contributed by atoms with E-state index in [1.807, 2.05) is 18.2 Å². The average Bonchev–Trinajstić information content (AvgIpc) is 2.52. The summed E-state index contributed by atoms with van der Waals surface area (Å²) >= 11 is 0. The van der Waals surface area contributed by atoms with Gasteiger partial charge in [-0.3, -0.25) is 0 Å². The molecule has 22 heavy (non-hydrogen) atoms. The molecule has 0 saturated carbocycles.